The molecule has 23 heavy (non-hydrogen) atoms. The summed E-state index contributed by atoms with van der Waals surface area (Å²) in [5, 5.41) is 7.63. The van der Waals surface area contributed by atoms with E-state index in [0.717, 1.165) is 31.5 Å². The average molecular weight is 342 g/mol. The molecule has 0 radical (unpaired) electrons. The summed E-state index contributed by atoms with van der Waals surface area (Å²) in [5.74, 6) is 2.24. The minimum absolute atomic E-state index is 0.0150. The van der Waals surface area contributed by atoms with Crippen molar-refractivity contribution < 1.29 is 12.9 Å². The predicted molar refractivity (Wildman–Crippen MR) is 86.4 cm³/mol. The van der Waals surface area contributed by atoms with Crippen LogP contribution in [0.1, 0.15) is 63.2 Å². The van der Waals surface area contributed by atoms with Gasteiger partial charge < -0.3 is 9.84 Å². The highest BCUT2D eigenvalue weighted by molar-refractivity contribution is 7.88. The van der Waals surface area contributed by atoms with Crippen LogP contribution in [0.4, 0.5) is 0 Å². The van der Waals surface area contributed by atoms with Gasteiger partial charge in [-0.2, -0.15) is 4.98 Å². The largest absolute Gasteiger partial charge is 0.338 e. The lowest BCUT2D eigenvalue weighted by atomic mass is 9.90. The Labute approximate surface area is 137 Å². The molecule has 2 aliphatic rings. The molecule has 3 rings (SSSR count). The standard InChI is InChI=1S/C15H26N4O3S/c1-4-11-9-19(23(3,20)21)8-7-13(11)16-10(2)15-17-14(18-22-15)12-5-6-12/h10-13,16H,4-9H2,1-3H3/t10-,11-,13-/m1/s1. The van der Waals surface area contributed by atoms with E-state index in [9.17, 15) is 8.42 Å². The fourth-order valence-electron chi connectivity index (χ4n) is 3.26. The Morgan fingerprint density at radius 1 is 1.39 bits per heavy atom. The quantitative estimate of drug-likeness (QED) is 0.846. The average Bonchev–Trinajstić information content (AvgIpc) is 3.23. The first kappa shape index (κ1) is 16.9. The molecule has 0 spiro atoms. The Bertz CT molecular complexity index is 641. The number of hydrogen-bond acceptors (Lipinski definition) is 6. The van der Waals surface area contributed by atoms with Crippen LogP contribution in [0.25, 0.3) is 0 Å². The van der Waals surface area contributed by atoms with Crippen LogP contribution in [0.5, 0.6) is 0 Å². The lowest BCUT2D eigenvalue weighted by Crippen LogP contribution is -2.51. The molecule has 0 bridgehead atoms. The summed E-state index contributed by atoms with van der Waals surface area (Å²) in [7, 11) is -3.11. The molecule has 8 heteroatoms. The van der Waals surface area contributed by atoms with Gasteiger partial charge in [0.05, 0.1) is 12.3 Å². The molecule has 2 heterocycles. The Morgan fingerprint density at radius 3 is 2.74 bits per heavy atom. The first-order valence-electron chi connectivity index (χ1n) is 8.43. The van der Waals surface area contributed by atoms with Crippen molar-refractivity contribution >= 4 is 10.0 Å². The third kappa shape index (κ3) is 3.92. The Kier molecular flexibility index (Phi) is 4.75. The van der Waals surface area contributed by atoms with Crippen LogP contribution in [0.15, 0.2) is 4.52 Å². The summed E-state index contributed by atoms with van der Waals surface area (Å²) in [6, 6.07) is 0.253. The minimum Gasteiger partial charge on any atom is -0.338 e. The van der Waals surface area contributed by atoms with E-state index in [2.05, 4.69) is 22.4 Å². The highest BCUT2D eigenvalue weighted by Crippen LogP contribution is 2.38. The monoisotopic (exact) mass is 342 g/mol. The highest BCUT2D eigenvalue weighted by atomic mass is 32.2. The van der Waals surface area contributed by atoms with Gasteiger partial charge in [-0.25, -0.2) is 12.7 Å². The number of nitrogens with one attached hydrogen (secondary N) is 1. The Balaban J connectivity index is 1.61. The number of nitrogens with zero attached hydrogens (tertiary/aromatic N) is 3. The second-order valence-electron chi connectivity index (χ2n) is 6.84. The predicted octanol–water partition coefficient (Wildman–Crippen LogP) is 1.66. The van der Waals surface area contributed by atoms with Gasteiger partial charge in [0.2, 0.25) is 15.9 Å². The molecule has 1 aliphatic carbocycles. The van der Waals surface area contributed by atoms with Gasteiger partial charge in [-0.1, -0.05) is 18.5 Å². The first-order valence-corrected chi connectivity index (χ1v) is 10.3. The van der Waals surface area contributed by atoms with Gasteiger partial charge in [0.25, 0.3) is 0 Å². The molecule has 0 unspecified atom stereocenters. The van der Waals surface area contributed by atoms with E-state index < -0.39 is 10.0 Å². The second-order valence-corrected chi connectivity index (χ2v) is 8.82. The van der Waals surface area contributed by atoms with Crippen molar-refractivity contribution in [3.8, 4) is 0 Å². The summed E-state index contributed by atoms with van der Waals surface area (Å²) in [6.45, 7) is 5.28. The summed E-state index contributed by atoms with van der Waals surface area (Å²) >= 11 is 0. The molecule has 130 valence electrons. The summed E-state index contributed by atoms with van der Waals surface area (Å²) in [4.78, 5) is 4.50. The second kappa shape index (κ2) is 6.49. The zero-order valence-corrected chi connectivity index (χ0v) is 14.8. The SMILES string of the molecule is CC[C@@H]1CN(S(C)(=O)=O)CC[C@H]1N[C@H](C)c1nc(C2CC2)no1. The summed E-state index contributed by atoms with van der Waals surface area (Å²) < 4.78 is 30.5. The normalized spacial score (nSPS) is 28.0. The van der Waals surface area contributed by atoms with Crippen molar-refractivity contribution in [2.24, 2.45) is 5.92 Å². The molecular weight excluding hydrogens is 316 g/mol. The molecule has 2 fully saturated rings. The topological polar surface area (TPSA) is 88.3 Å². The van der Waals surface area contributed by atoms with Gasteiger partial charge in [-0.3, -0.25) is 0 Å². The zero-order chi connectivity index (χ0) is 16.6. The van der Waals surface area contributed by atoms with E-state index in [4.69, 9.17) is 4.52 Å². The van der Waals surface area contributed by atoms with Crippen molar-refractivity contribution in [3.63, 3.8) is 0 Å². The van der Waals surface area contributed by atoms with E-state index in [0.29, 0.717) is 30.8 Å². The molecule has 7 nitrogen and oxygen atoms in total. The van der Waals surface area contributed by atoms with Gasteiger partial charge in [-0.15, -0.1) is 0 Å². The molecular formula is C15H26N4O3S. The molecule has 1 aromatic heterocycles. The fourth-order valence-corrected chi connectivity index (χ4v) is 4.16. The van der Waals surface area contributed by atoms with Gasteiger partial charge in [0, 0.05) is 25.0 Å². The summed E-state index contributed by atoms with van der Waals surface area (Å²) in [6.07, 6.45) is 5.34. The van der Waals surface area contributed by atoms with Gasteiger partial charge in [0.15, 0.2) is 5.82 Å². The number of piperidine rings is 1. The van der Waals surface area contributed by atoms with Crippen LogP contribution < -0.4 is 5.32 Å². The number of aromatic nitrogens is 2. The number of hydrogen-bond donors (Lipinski definition) is 1. The van der Waals surface area contributed by atoms with Crippen molar-refractivity contribution in [1.29, 1.82) is 0 Å². The van der Waals surface area contributed by atoms with E-state index in [1.807, 2.05) is 6.92 Å². The van der Waals surface area contributed by atoms with Gasteiger partial charge >= 0.3 is 0 Å². The summed E-state index contributed by atoms with van der Waals surface area (Å²) in [5.41, 5.74) is 0. The molecule has 1 aliphatic heterocycles. The number of rotatable bonds is 6. The van der Waals surface area contributed by atoms with E-state index in [1.54, 1.807) is 4.31 Å². The maximum atomic E-state index is 11.7. The molecule has 1 aromatic rings. The Morgan fingerprint density at radius 2 is 2.13 bits per heavy atom. The minimum atomic E-state index is -3.11. The van der Waals surface area contributed by atoms with Crippen molar-refractivity contribution in [1.82, 2.24) is 19.8 Å². The highest BCUT2D eigenvalue weighted by Gasteiger charge is 2.34. The van der Waals surface area contributed by atoms with Crippen LogP contribution in [0, 0.1) is 5.92 Å². The van der Waals surface area contributed by atoms with E-state index >= 15 is 0 Å². The van der Waals surface area contributed by atoms with Crippen molar-refractivity contribution in [2.75, 3.05) is 19.3 Å². The molecule has 3 atom stereocenters. The fraction of sp³-hybridized carbons (Fsp3) is 0.867. The maximum Gasteiger partial charge on any atom is 0.243 e. The zero-order valence-electron chi connectivity index (χ0n) is 14.0. The molecule has 0 amide bonds. The van der Waals surface area contributed by atoms with Crippen LogP contribution in [-0.2, 0) is 10.0 Å². The lowest BCUT2D eigenvalue weighted by molar-refractivity contribution is 0.185. The molecule has 1 saturated heterocycles. The van der Waals surface area contributed by atoms with E-state index in [1.165, 1.54) is 6.26 Å². The van der Waals surface area contributed by atoms with Crippen LogP contribution in [0.3, 0.4) is 0 Å². The first-order chi connectivity index (χ1) is 10.9. The van der Waals surface area contributed by atoms with Gasteiger partial charge in [0.1, 0.15) is 0 Å². The van der Waals surface area contributed by atoms with Crippen molar-refractivity contribution in [2.45, 2.75) is 57.5 Å². The maximum absolute atomic E-state index is 11.7. The van der Waals surface area contributed by atoms with E-state index in [-0.39, 0.29) is 12.1 Å². The van der Waals surface area contributed by atoms with Crippen molar-refractivity contribution in [3.05, 3.63) is 11.7 Å². The van der Waals surface area contributed by atoms with Crippen LogP contribution in [-0.4, -0.2) is 48.3 Å². The third-order valence-corrected chi connectivity index (χ3v) is 6.19. The smallest absolute Gasteiger partial charge is 0.243 e. The molecule has 1 N–H and O–H groups in total. The molecule has 1 saturated carbocycles. The van der Waals surface area contributed by atoms with Crippen LogP contribution in [0.2, 0.25) is 0 Å². The Hall–Kier alpha value is -0.990. The molecule has 0 aromatic carbocycles. The van der Waals surface area contributed by atoms with Gasteiger partial charge in [-0.05, 0) is 32.1 Å². The third-order valence-electron chi connectivity index (χ3n) is 4.92. The van der Waals surface area contributed by atoms with Crippen LogP contribution >= 0.6 is 0 Å². The lowest BCUT2D eigenvalue weighted by Gasteiger charge is -2.38. The number of sulfonamides is 1.